The third-order valence-corrected chi connectivity index (χ3v) is 3.89. The molecule has 2 amide bonds. The molecule has 2 unspecified atom stereocenters. The normalized spacial score (nSPS) is 13.4. The molecule has 6 heteroatoms. The Bertz CT molecular complexity index is 521. The van der Waals surface area contributed by atoms with Crippen molar-refractivity contribution in [3.63, 3.8) is 0 Å². The highest BCUT2D eigenvalue weighted by atomic mass is 35.5. The van der Waals surface area contributed by atoms with E-state index in [0.717, 1.165) is 5.56 Å². The Labute approximate surface area is 130 Å². The molecule has 1 rings (SSSR count). The zero-order chi connectivity index (χ0) is 16.2. The Balaban J connectivity index is 2.89. The summed E-state index contributed by atoms with van der Waals surface area (Å²) >= 11 is 5.96. The van der Waals surface area contributed by atoms with Gasteiger partial charge in [0.1, 0.15) is 6.04 Å². The highest BCUT2D eigenvalue weighted by Gasteiger charge is 2.28. The quantitative estimate of drug-likeness (QED) is 0.908. The zero-order valence-corrected chi connectivity index (χ0v) is 13.5. The predicted octanol–water partition coefficient (Wildman–Crippen LogP) is 3.25. The van der Waals surface area contributed by atoms with E-state index in [2.05, 4.69) is 0 Å². The van der Waals surface area contributed by atoms with Crippen molar-refractivity contribution in [2.75, 3.05) is 14.1 Å². The summed E-state index contributed by atoms with van der Waals surface area (Å²) in [5.74, 6) is -1.00. The van der Waals surface area contributed by atoms with Crippen LogP contribution in [-0.4, -0.2) is 47.0 Å². The Morgan fingerprint density at radius 3 is 2.38 bits per heavy atom. The first-order chi connectivity index (χ1) is 9.79. The van der Waals surface area contributed by atoms with E-state index >= 15 is 0 Å². The molecular formula is C15H21ClN2O3. The maximum atomic E-state index is 12.4. The number of aliphatic carboxylic acids is 1. The lowest BCUT2D eigenvalue weighted by atomic mass is 10.1. The minimum atomic E-state index is -1.00. The van der Waals surface area contributed by atoms with Crippen LogP contribution in [0.15, 0.2) is 24.3 Å². The maximum absolute atomic E-state index is 12.4. The SMILES string of the molecule is CCC(C(=O)O)N(C)C(=O)N(C)C(C)c1cccc(Cl)c1. The molecule has 0 fully saturated rings. The minimum absolute atomic E-state index is 0.204. The van der Waals surface area contributed by atoms with Crippen LogP contribution in [0.2, 0.25) is 5.02 Å². The van der Waals surface area contributed by atoms with E-state index in [0.29, 0.717) is 11.4 Å². The number of carboxylic acid groups (broad SMARTS) is 1. The molecule has 0 heterocycles. The molecule has 0 aliphatic heterocycles. The molecule has 0 spiro atoms. The van der Waals surface area contributed by atoms with Crippen LogP contribution in [-0.2, 0) is 4.79 Å². The molecule has 0 aliphatic carbocycles. The second-order valence-corrected chi connectivity index (χ2v) is 5.43. The van der Waals surface area contributed by atoms with Crippen molar-refractivity contribution >= 4 is 23.6 Å². The average molecular weight is 313 g/mol. The number of hydrogen-bond donors (Lipinski definition) is 1. The van der Waals surface area contributed by atoms with Crippen LogP contribution in [0.25, 0.3) is 0 Å². The van der Waals surface area contributed by atoms with Gasteiger partial charge in [-0.05, 0) is 31.0 Å². The first-order valence-corrected chi connectivity index (χ1v) is 7.15. The lowest BCUT2D eigenvalue weighted by Gasteiger charge is -2.32. The number of likely N-dealkylation sites (N-methyl/N-ethyl adjacent to an activating group) is 1. The first kappa shape index (κ1) is 17.3. The Morgan fingerprint density at radius 2 is 1.90 bits per heavy atom. The number of halogens is 1. The monoisotopic (exact) mass is 312 g/mol. The van der Waals surface area contributed by atoms with Gasteiger partial charge in [0.05, 0.1) is 6.04 Å². The molecule has 5 nitrogen and oxygen atoms in total. The maximum Gasteiger partial charge on any atom is 0.326 e. The molecule has 0 saturated heterocycles. The van der Waals surface area contributed by atoms with Crippen LogP contribution >= 0.6 is 11.6 Å². The van der Waals surface area contributed by atoms with Crippen molar-refractivity contribution in [3.05, 3.63) is 34.9 Å². The van der Waals surface area contributed by atoms with Gasteiger partial charge >= 0.3 is 12.0 Å². The van der Waals surface area contributed by atoms with Gasteiger partial charge in [0, 0.05) is 19.1 Å². The number of hydrogen-bond acceptors (Lipinski definition) is 2. The second-order valence-electron chi connectivity index (χ2n) is 5.00. The molecule has 21 heavy (non-hydrogen) atoms. The third kappa shape index (κ3) is 4.11. The van der Waals surface area contributed by atoms with Gasteiger partial charge in [-0.3, -0.25) is 0 Å². The van der Waals surface area contributed by atoms with Gasteiger partial charge in [-0.25, -0.2) is 9.59 Å². The van der Waals surface area contributed by atoms with E-state index in [9.17, 15) is 9.59 Å². The first-order valence-electron chi connectivity index (χ1n) is 6.77. The number of carboxylic acids is 1. The standard InChI is InChI=1S/C15H21ClN2O3/c1-5-13(14(19)20)18(4)15(21)17(3)10(2)11-7-6-8-12(16)9-11/h6-10,13H,5H2,1-4H3,(H,19,20). The van der Waals surface area contributed by atoms with Gasteiger partial charge in [-0.15, -0.1) is 0 Å². The molecule has 0 aliphatic rings. The fraction of sp³-hybridized carbons (Fsp3) is 0.467. The zero-order valence-electron chi connectivity index (χ0n) is 12.7. The molecule has 0 bridgehead atoms. The van der Waals surface area contributed by atoms with Crippen molar-refractivity contribution in [1.82, 2.24) is 9.80 Å². The van der Waals surface area contributed by atoms with E-state index < -0.39 is 12.0 Å². The number of carbonyl (C=O) groups is 2. The van der Waals surface area contributed by atoms with Crippen LogP contribution in [0.5, 0.6) is 0 Å². The summed E-state index contributed by atoms with van der Waals surface area (Å²) in [6.45, 7) is 3.61. The van der Waals surface area contributed by atoms with Crippen molar-refractivity contribution in [2.24, 2.45) is 0 Å². The second kappa shape index (κ2) is 7.31. The molecular weight excluding hydrogens is 292 g/mol. The average Bonchev–Trinajstić information content (AvgIpc) is 2.45. The molecule has 1 aromatic rings. The minimum Gasteiger partial charge on any atom is -0.480 e. The Morgan fingerprint density at radius 1 is 1.29 bits per heavy atom. The third-order valence-electron chi connectivity index (χ3n) is 3.65. The van der Waals surface area contributed by atoms with Gasteiger partial charge in [0.25, 0.3) is 0 Å². The van der Waals surface area contributed by atoms with Gasteiger partial charge in [0.15, 0.2) is 0 Å². The number of carbonyl (C=O) groups excluding carboxylic acids is 1. The van der Waals surface area contributed by atoms with Gasteiger partial charge < -0.3 is 14.9 Å². The van der Waals surface area contributed by atoms with Gasteiger partial charge in [-0.2, -0.15) is 0 Å². The largest absolute Gasteiger partial charge is 0.480 e. The number of amides is 2. The molecule has 0 radical (unpaired) electrons. The Kier molecular flexibility index (Phi) is 6.03. The predicted molar refractivity (Wildman–Crippen MR) is 82.5 cm³/mol. The van der Waals surface area contributed by atoms with Crippen molar-refractivity contribution in [3.8, 4) is 0 Å². The smallest absolute Gasteiger partial charge is 0.326 e. The number of nitrogens with zero attached hydrogens (tertiary/aromatic N) is 2. The summed E-state index contributed by atoms with van der Waals surface area (Å²) in [5, 5.41) is 9.74. The number of rotatable bonds is 5. The van der Waals surface area contributed by atoms with Gasteiger partial charge in [0.2, 0.25) is 0 Å². The summed E-state index contributed by atoms with van der Waals surface area (Å²) in [7, 11) is 3.16. The van der Waals surface area contributed by atoms with Crippen LogP contribution in [0, 0.1) is 0 Å². The van der Waals surface area contributed by atoms with Crippen LogP contribution < -0.4 is 0 Å². The van der Waals surface area contributed by atoms with E-state index in [1.807, 2.05) is 19.1 Å². The van der Waals surface area contributed by atoms with Crippen LogP contribution in [0.4, 0.5) is 4.79 Å². The lowest BCUT2D eigenvalue weighted by molar-refractivity contribution is -0.142. The Hall–Kier alpha value is -1.75. The van der Waals surface area contributed by atoms with Crippen LogP contribution in [0.1, 0.15) is 31.9 Å². The molecule has 0 aromatic heterocycles. The summed E-state index contributed by atoms with van der Waals surface area (Å²) in [6.07, 6.45) is 0.358. The van der Waals surface area contributed by atoms with Crippen molar-refractivity contribution in [2.45, 2.75) is 32.4 Å². The lowest BCUT2D eigenvalue weighted by Crippen LogP contribution is -2.48. The van der Waals surface area contributed by atoms with E-state index in [4.69, 9.17) is 16.7 Å². The highest BCUT2D eigenvalue weighted by Crippen LogP contribution is 2.23. The summed E-state index contributed by atoms with van der Waals surface area (Å²) < 4.78 is 0. The fourth-order valence-corrected chi connectivity index (χ4v) is 2.35. The summed E-state index contributed by atoms with van der Waals surface area (Å²) in [4.78, 5) is 26.3. The molecule has 1 aromatic carbocycles. The topological polar surface area (TPSA) is 60.9 Å². The van der Waals surface area contributed by atoms with Crippen molar-refractivity contribution in [1.29, 1.82) is 0 Å². The van der Waals surface area contributed by atoms with E-state index in [-0.39, 0.29) is 12.1 Å². The summed E-state index contributed by atoms with van der Waals surface area (Å²) in [5.41, 5.74) is 0.898. The van der Waals surface area contributed by atoms with Crippen molar-refractivity contribution < 1.29 is 14.7 Å². The molecule has 116 valence electrons. The number of benzene rings is 1. The molecule has 2 atom stereocenters. The van der Waals surface area contributed by atoms with Gasteiger partial charge in [-0.1, -0.05) is 30.7 Å². The van der Waals surface area contributed by atoms with Crippen LogP contribution in [0.3, 0.4) is 0 Å². The number of urea groups is 1. The van der Waals surface area contributed by atoms with E-state index in [1.165, 1.54) is 16.8 Å². The highest BCUT2D eigenvalue weighted by molar-refractivity contribution is 6.30. The molecule has 1 N–H and O–H groups in total. The fourth-order valence-electron chi connectivity index (χ4n) is 2.15. The molecule has 0 saturated carbocycles. The van der Waals surface area contributed by atoms with E-state index in [1.54, 1.807) is 26.1 Å². The summed E-state index contributed by atoms with van der Waals surface area (Å²) in [6, 6.07) is 5.90.